The predicted molar refractivity (Wildman–Crippen MR) is 79.2 cm³/mol. The van der Waals surface area contributed by atoms with E-state index < -0.39 is 24.6 Å². The van der Waals surface area contributed by atoms with Gasteiger partial charge in [-0.05, 0) is 31.6 Å². The Hall–Kier alpha value is -1.60. The third-order valence-electron chi connectivity index (χ3n) is 4.74. The molecule has 5 nitrogen and oxygen atoms in total. The fraction of sp³-hybridized carbons (Fsp3) is 0.812. The summed E-state index contributed by atoms with van der Waals surface area (Å²) in [7, 11) is 0. The van der Waals surface area contributed by atoms with Gasteiger partial charge in [-0.15, -0.1) is 0 Å². The molecular formula is C16H22F3N3O2. The number of halogens is 3. The van der Waals surface area contributed by atoms with Crippen LogP contribution in [-0.2, 0) is 11.2 Å². The Morgan fingerprint density at radius 2 is 1.96 bits per heavy atom. The molecule has 24 heavy (non-hydrogen) atoms. The Bertz CT molecular complexity index is 569. The zero-order valence-corrected chi connectivity index (χ0v) is 13.4. The first-order valence-electron chi connectivity index (χ1n) is 8.59. The van der Waals surface area contributed by atoms with Crippen molar-refractivity contribution < 1.29 is 22.5 Å². The zero-order chi connectivity index (χ0) is 17.2. The van der Waals surface area contributed by atoms with Crippen LogP contribution >= 0.6 is 0 Å². The molecule has 1 N–H and O–H groups in total. The fourth-order valence-corrected chi connectivity index (χ4v) is 3.32. The number of hydrogen-bond donors (Lipinski definition) is 1. The minimum Gasteiger partial charge on any atom is -0.353 e. The molecule has 0 aromatic carbocycles. The van der Waals surface area contributed by atoms with Gasteiger partial charge in [-0.3, -0.25) is 4.79 Å². The lowest BCUT2D eigenvalue weighted by Crippen LogP contribution is -2.43. The van der Waals surface area contributed by atoms with Crippen LogP contribution in [-0.4, -0.2) is 28.3 Å². The van der Waals surface area contributed by atoms with Crippen molar-refractivity contribution in [1.82, 2.24) is 15.5 Å². The first kappa shape index (κ1) is 17.2. The molecule has 0 unspecified atom stereocenters. The normalized spacial score (nSPS) is 24.8. The lowest BCUT2D eigenvalue weighted by molar-refractivity contribution is -0.150. The van der Waals surface area contributed by atoms with Crippen molar-refractivity contribution in [2.45, 2.75) is 75.9 Å². The Kier molecular flexibility index (Phi) is 5.10. The molecule has 1 aromatic heterocycles. The molecule has 1 amide bonds. The largest absolute Gasteiger partial charge is 0.389 e. The first-order valence-corrected chi connectivity index (χ1v) is 8.59. The number of aryl methyl sites for hydroxylation is 1. The lowest BCUT2D eigenvalue weighted by Gasteiger charge is -2.32. The van der Waals surface area contributed by atoms with Gasteiger partial charge in [0.15, 0.2) is 5.82 Å². The Morgan fingerprint density at radius 3 is 2.67 bits per heavy atom. The highest BCUT2D eigenvalue weighted by molar-refractivity contribution is 5.76. The summed E-state index contributed by atoms with van der Waals surface area (Å²) in [6.07, 6.45) is 0.373. The molecule has 0 saturated heterocycles. The number of rotatable bonds is 6. The van der Waals surface area contributed by atoms with E-state index in [1.807, 2.05) is 0 Å². The molecular weight excluding hydrogens is 323 g/mol. The van der Waals surface area contributed by atoms with Crippen LogP contribution in [0.5, 0.6) is 0 Å². The van der Waals surface area contributed by atoms with E-state index in [1.165, 1.54) is 0 Å². The van der Waals surface area contributed by atoms with Gasteiger partial charge in [0.05, 0.1) is 0 Å². The van der Waals surface area contributed by atoms with Gasteiger partial charge in [0.1, 0.15) is 0 Å². The molecule has 0 spiro atoms. The van der Waals surface area contributed by atoms with Gasteiger partial charge in [0.25, 0.3) is 0 Å². The van der Waals surface area contributed by atoms with Gasteiger partial charge in [-0.1, -0.05) is 18.0 Å². The van der Waals surface area contributed by atoms with E-state index in [2.05, 4.69) is 15.5 Å². The fourth-order valence-electron chi connectivity index (χ4n) is 3.32. The molecule has 0 aliphatic heterocycles. The molecule has 3 rings (SSSR count). The summed E-state index contributed by atoms with van der Waals surface area (Å²) in [4.78, 5) is 16.3. The van der Waals surface area contributed by atoms with Crippen molar-refractivity contribution in [3.05, 3.63) is 11.7 Å². The maximum absolute atomic E-state index is 12.7. The minimum absolute atomic E-state index is 0.154. The average Bonchev–Trinajstić information content (AvgIpc) is 3.25. The number of hydrogen-bond acceptors (Lipinski definition) is 4. The standard InChI is InChI=1S/C16H22F3N3O2/c17-16(18,19)9-11-3-1-2-4-12(11)20-13(23)7-8-14-21-15(22-24-14)10-5-6-10/h10-12H,1-9H2,(H,20,23)/t11-,12-/m0/s1. The smallest absolute Gasteiger partial charge is 0.353 e. The number of nitrogens with one attached hydrogen (secondary N) is 1. The molecule has 0 radical (unpaired) electrons. The predicted octanol–water partition coefficient (Wildman–Crippen LogP) is 3.51. The van der Waals surface area contributed by atoms with E-state index in [0.29, 0.717) is 36.9 Å². The first-order chi connectivity index (χ1) is 11.4. The summed E-state index contributed by atoms with van der Waals surface area (Å²) in [5, 5.41) is 6.66. The number of carbonyl (C=O) groups is 1. The summed E-state index contributed by atoms with van der Waals surface area (Å²) in [5.74, 6) is 0.736. The van der Waals surface area contributed by atoms with Gasteiger partial charge in [-0.25, -0.2) is 0 Å². The maximum Gasteiger partial charge on any atom is 0.389 e. The van der Waals surface area contributed by atoms with Crippen LogP contribution in [0, 0.1) is 5.92 Å². The second-order valence-electron chi connectivity index (χ2n) is 6.86. The summed E-state index contributed by atoms with van der Waals surface area (Å²) in [6.45, 7) is 0. The molecule has 2 saturated carbocycles. The van der Waals surface area contributed by atoms with E-state index in [0.717, 1.165) is 25.7 Å². The van der Waals surface area contributed by atoms with Gasteiger partial charge in [0, 0.05) is 31.2 Å². The van der Waals surface area contributed by atoms with Crippen LogP contribution in [0.1, 0.15) is 69.0 Å². The van der Waals surface area contributed by atoms with Crippen molar-refractivity contribution >= 4 is 5.91 Å². The molecule has 2 aliphatic carbocycles. The van der Waals surface area contributed by atoms with Crippen LogP contribution in [0.2, 0.25) is 0 Å². The number of aromatic nitrogens is 2. The molecule has 8 heteroatoms. The summed E-state index contributed by atoms with van der Waals surface area (Å²) >= 11 is 0. The third-order valence-corrected chi connectivity index (χ3v) is 4.74. The van der Waals surface area contributed by atoms with E-state index in [-0.39, 0.29) is 12.3 Å². The molecule has 1 aromatic rings. The van der Waals surface area contributed by atoms with Crippen LogP contribution in [0.15, 0.2) is 4.52 Å². The quantitative estimate of drug-likeness (QED) is 0.857. The Balaban J connectivity index is 1.47. The summed E-state index contributed by atoms with van der Waals surface area (Å²) < 4.78 is 43.1. The van der Waals surface area contributed by atoms with Gasteiger partial charge in [0.2, 0.25) is 11.8 Å². The van der Waals surface area contributed by atoms with Crippen molar-refractivity contribution in [2.24, 2.45) is 5.92 Å². The molecule has 134 valence electrons. The van der Waals surface area contributed by atoms with Crippen LogP contribution in [0.25, 0.3) is 0 Å². The maximum atomic E-state index is 12.7. The number of nitrogens with zero attached hydrogens (tertiary/aromatic N) is 2. The number of alkyl halides is 3. The third kappa shape index (κ3) is 4.95. The minimum atomic E-state index is -4.19. The zero-order valence-electron chi connectivity index (χ0n) is 13.4. The summed E-state index contributed by atoms with van der Waals surface area (Å²) in [6, 6.07) is -0.391. The van der Waals surface area contributed by atoms with E-state index in [1.54, 1.807) is 0 Å². The highest BCUT2D eigenvalue weighted by Gasteiger charge is 2.37. The highest BCUT2D eigenvalue weighted by Crippen LogP contribution is 2.38. The van der Waals surface area contributed by atoms with E-state index in [9.17, 15) is 18.0 Å². The number of carbonyl (C=O) groups excluding carboxylic acids is 1. The highest BCUT2D eigenvalue weighted by atomic mass is 19.4. The van der Waals surface area contributed by atoms with Gasteiger partial charge >= 0.3 is 6.18 Å². The Morgan fingerprint density at radius 1 is 1.21 bits per heavy atom. The van der Waals surface area contributed by atoms with Gasteiger partial charge in [-0.2, -0.15) is 18.2 Å². The SMILES string of the molecule is O=C(CCc1nc(C2CC2)no1)N[C@H]1CCCC[C@H]1CC(F)(F)F. The average molecular weight is 345 g/mol. The van der Waals surface area contributed by atoms with Crippen LogP contribution in [0.3, 0.4) is 0 Å². The Labute approximate surface area is 138 Å². The van der Waals surface area contributed by atoms with E-state index >= 15 is 0 Å². The monoisotopic (exact) mass is 345 g/mol. The second-order valence-corrected chi connectivity index (χ2v) is 6.86. The molecule has 0 bridgehead atoms. The van der Waals surface area contributed by atoms with Crippen molar-refractivity contribution in [3.63, 3.8) is 0 Å². The topological polar surface area (TPSA) is 68.0 Å². The van der Waals surface area contributed by atoms with E-state index in [4.69, 9.17) is 4.52 Å². The van der Waals surface area contributed by atoms with Crippen molar-refractivity contribution in [3.8, 4) is 0 Å². The van der Waals surface area contributed by atoms with Crippen LogP contribution < -0.4 is 5.32 Å². The lowest BCUT2D eigenvalue weighted by atomic mass is 9.82. The number of amides is 1. The van der Waals surface area contributed by atoms with Crippen molar-refractivity contribution in [2.75, 3.05) is 0 Å². The molecule has 2 aliphatic rings. The summed E-state index contributed by atoms with van der Waals surface area (Å²) in [5.41, 5.74) is 0. The molecule has 2 fully saturated rings. The molecule has 2 atom stereocenters. The van der Waals surface area contributed by atoms with Crippen LogP contribution in [0.4, 0.5) is 13.2 Å². The van der Waals surface area contributed by atoms with Gasteiger partial charge < -0.3 is 9.84 Å². The molecule has 1 heterocycles. The second kappa shape index (κ2) is 7.11. The van der Waals surface area contributed by atoms with Crippen molar-refractivity contribution in [1.29, 1.82) is 0 Å².